The van der Waals surface area contributed by atoms with Crippen molar-refractivity contribution >= 4 is 5.91 Å². The number of amides is 1. The highest BCUT2D eigenvalue weighted by atomic mass is 16.1. The second-order valence-electron chi connectivity index (χ2n) is 8.87. The van der Waals surface area contributed by atoms with Gasteiger partial charge >= 0.3 is 0 Å². The van der Waals surface area contributed by atoms with Crippen LogP contribution in [0.15, 0.2) is 48.7 Å². The summed E-state index contributed by atoms with van der Waals surface area (Å²) >= 11 is 0. The number of rotatable bonds is 6. The van der Waals surface area contributed by atoms with E-state index >= 15 is 0 Å². The number of hydrogen-bond acceptors (Lipinski definition) is 4. The van der Waals surface area contributed by atoms with Gasteiger partial charge in [-0.25, -0.2) is 0 Å². The Morgan fingerprint density at radius 2 is 1.87 bits per heavy atom. The van der Waals surface area contributed by atoms with E-state index in [0.717, 1.165) is 51.3 Å². The molecule has 0 aliphatic carbocycles. The van der Waals surface area contributed by atoms with E-state index in [1.54, 1.807) is 6.20 Å². The standard InChI is InChI=1S/C25H34N4O/c1-20-7-9-21(10-8-20)18-28-15-11-24(12-16-28)29-14-4-5-22(19-29)25(30)27-17-23-6-2-3-13-26-23/h2-3,6-10,13,22,24H,4-5,11-12,14-19H2,1H3,(H,27,30)/t22-/m1/s1. The zero-order valence-corrected chi connectivity index (χ0v) is 18.1. The lowest BCUT2D eigenvalue weighted by Crippen LogP contribution is -2.50. The van der Waals surface area contributed by atoms with Crippen LogP contribution in [-0.4, -0.2) is 52.9 Å². The van der Waals surface area contributed by atoms with Crippen molar-refractivity contribution in [1.29, 1.82) is 0 Å². The Labute approximate surface area is 180 Å². The summed E-state index contributed by atoms with van der Waals surface area (Å²) in [6.07, 6.45) is 6.29. The average Bonchev–Trinajstić information content (AvgIpc) is 2.80. The van der Waals surface area contributed by atoms with Crippen molar-refractivity contribution in [3.63, 3.8) is 0 Å². The van der Waals surface area contributed by atoms with Gasteiger partial charge in [-0.15, -0.1) is 0 Å². The Kier molecular flexibility index (Phi) is 7.13. The molecule has 1 aromatic heterocycles. The molecule has 5 nitrogen and oxygen atoms in total. The van der Waals surface area contributed by atoms with Gasteiger partial charge in [-0.3, -0.25) is 19.6 Å². The van der Waals surface area contributed by atoms with E-state index in [-0.39, 0.29) is 11.8 Å². The minimum Gasteiger partial charge on any atom is -0.350 e. The zero-order chi connectivity index (χ0) is 20.8. The summed E-state index contributed by atoms with van der Waals surface area (Å²) in [6.45, 7) is 8.03. The molecule has 2 fully saturated rings. The van der Waals surface area contributed by atoms with Crippen LogP contribution in [0.5, 0.6) is 0 Å². The molecule has 5 heteroatoms. The number of piperidine rings is 2. The van der Waals surface area contributed by atoms with Crippen LogP contribution in [0.4, 0.5) is 0 Å². The molecule has 1 amide bonds. The van der Waals surface area contributed by atoms with Crippen molar-refractivity contribution in [2.45, 2.75) is 51.7 Å². The molecule has 0 saturated carbocycles. The van der Waals surface area contributed by atoms with Crippen LogP contribution in [0.25, 0.3) is 0 Å². The van der Waals surface area contributed by atoms with Crippen LogP contribution in [0.2, 0.25) is 0 Å². The number of nitrogens with one attached hydrogen (secondary N) is 1. The van der Waals surface area contributed by atoms with Crippen molar-refractivity contribution in [1.82, 2.24) is 20.1 Å². The van der Waals surface area contributed by atoms with Crippen molar-refractivity contribution in [3.8, 4) is 0 Å². The summed E-state index contributed by atoms with van der Waals surface area (Å²) in [4.78, 5) is 22.2. The van der Waals surface area contributed by atoms with Crippen LogP contribution in [0.3, 0.4) is 0 Å². The van der Waals surface area contributed by atoms with Gasteiger partial charge in [-0.05, 0) is 69.9 Å². The highest BCUT2D eigenvalue weighted by molar-refractivity contribution is 5.78. The number of aromatic nitrogens is 1. The smallest absolute Gasteiger partial charge is 0.224 e. The highest BCUT2D eigenvalue weighted by Gasteiger charge is 2.31. The predicted molar refractivity (Wildman–Crippen MR) is 120 cm³/mol. The largest absolute Gasteiger partial charge is 0.350 e. The first-order valence-corrected chi connectivity index (χ1v) is 11.4. The van der Waals surface area contributed by atoms with Crippen LogP contribution >= 0.6 is 0 Å². The molecule has 1 aromatic carbocycles. The molecule has 0 radical (unpaired) electrons. The SMILES string of the molecule is Cc1ccc(CN2CCC(N3CCC[C@@H](C(=O)NCc4ccccn4)C3)CC2)cc1. The molecule has 1 N–H and O–H groups in total. The number of carbonyl (C=O) groups excluding carboxylic acids is 1. The van der Waals surface area contributed by atoms with Crippen molar-refractivity contribution in [2.24, 2.45) is 5.92 Å². The van der Waals surface area contributed by atoms with E-state index in [2.05, 4.69) is 51.3 Å². The number of benzene rings is 1. The second kappa shape index (κ2) is 10.2. The Bertz CT molecular complexity index is 800. The zero-order valence-electron chi connectivity index (χ0n) is 18.1. The van der Waals surface area contributed by atoms with Gasteiger partial charge in [0, 0.05) is 25.3 Å². The van der Waals surface area contributed by atoms with Crippen LogP contribution in [0.1, 0.15) is 42.5 Å². The molecular formula is C25H34N4O. The van der Waals surface area contributed by atoms with E-state index in [1.165, 1.54) is 24.0 Å². The number of hydrogen-bond donors (Lipinski definition) is 1. The maximum atomic E-state index is 12.7. The molecule has 2 aliphatic rings. The Balaban J connectivity index is 1.23. The van der Waals surface area contributed by atoms with E-state index in [0.29, 0.717) is 12.6 Å². The molecule has 0 bridgehead atoms. The monoisotopic (exact) mass is 406 g/mol. The summed E-state index contributed by atoms with van der Waals surface area (Å²) < 4.78 is 0. The third-order valence-corrected chi connectivity index (χ3v) is 6.59. The predicted octanol–water partition coefficient (Wildman–Crippen LogP) is 3.38. The summed E-state index contributed by atoms with van der Waals surface area (Å²) in [5, 5.41) is 3.09. The molecule has 2 saturated heterocycles. The number of pyridine rings is 1. The van der Waals surface area contributed by atoms with Gasteiger partial charge in [-0.1, -0.05) is 35.9 Å². The van der Waals surface area contributed by atoms with Gasteiger partial charge in [0.1, 0.15) is 0 Å². The van der Waals surface area contributed by atoms with E-state index in [4.69, 9.17) is 0 Å². The Morgan fingerprint density at radius 3 is 2.60 bits per heavy atom. The minimum absolute atomic E-state index is 0.105. The second-order valence-corrected chi connectivity index (χ2v) is 8.87. The number of carbonyl (C=O) groups is 1. The summed E-state index contributed by atoms with van der Waals surface area (Å²) in [5.74, 6) is 0.287. The highest BCUT2D eigenvalue weighted by Crippen LogP contribution is 2.25. The topological polar surface area (TPSA) is 48.5 Å². The summed E-state index contributed by atoms with van der Waals surface area (Å²) in [6, 6.07) is 15.3. The molecule has 4 rings (SSSR count). The molecular weight excluding hydrogens is 372 g/mol. The number of likely N-dealkylation sites (tertiary alicyclic amines) is 2. The maximum Gasteiger partial charge on any atom is 0.224 e. The number of nitrogens with zero attached hydrogens (tertiary/aromatic N) is 3. The van der Waals surface area contributed by atoms with Crippen LogP contribution in [0, 0.1) is 12.8 Å². The first-order valence-electron chi connectivity index (χ1n) is 11.4. The molecule has 0 spiro atoms. The fourth-order valence-corrected chi connectivity index (χ4v) is 4.77. The van der Waals surface area contributed by atoms with Gasteiger partial charge in [-0.2, -0.15) is 0 Å². The average molecular weight is 407 g/mol. The van der Waals surface area contributed by atoms with Crippen molar-refractivity contribution in [3.05, 3.63) is 65.5 Å². The summed E-state index contributed by atoms with van der Waals surface area (Å²) in [5.41, 5.74) is 3.64. The van der Waals surface area contributed by atoms with Gasteiger partial charge < -0.3 is 5.32 Å². The minimum atomic E-state index is 0.105. The fraction of sp³-hybridized carbons (Fsp3) is 0.520. The van der Waals surface area contributed by atoms with E-state index in [1.807, 2.05) is 18.2 Å². The van der Waals surface area contributed by atoms with E-state index in [9.17, 15) is 4.79 Å². The maximum absolute atomic E-state index is 12.7. The van der Waals surface area contributed by atoms with Gasteiger partial charge in [0.05, 0.1) is 18.2 Å². The van der Waals surface area contributed by atoms with Gasteiger partial charge in [0.15, 0.2) is 0 Å². The van der Waals surface area contributed by atoms with E-state index < -0.39 is 0 Å². The third-order valence-electron chi connectivity index (χ3n) is 6.59. The lowest BCUT2D eigenvalue weighted by atomic mass is 9.93. The van der Waals surface area contributed by atoms with Crippen LogP contribution in [-0.2, 0) is 17.9 Å². The lowest BCUT2D eigenvalue weighted by molar-refractivity contribution is -0.127. The fourth-order valence-electron chi connectivity index (χ4n) is 4.77. The lowest BCUT2D eigenvalue weighted by Gasteiger charge is -2.42. The molecule has 2 aliphatic heterocycles. The molecule has 1 atom stereocenters. The molecule has 2 aromatic rings. The third kappa shape index (κ3) is 5.67. The number of aryl methyl sites for hydroxylation is 1. The molecule has 160 valence electrons. The molecule has 0 unspecified atom stereocenters. The first-order chi connectivity index (χ1) is 14.7. The van der Waals surface area contributed by atoms with Gasteiger partial charge in [0.25, 0.3) is 0 Å². The normalized spacial score (nSPS) is 21.4. The van der Waals surface area contributed by atoms with Crippen LogP contribution < -0.4 is 5.32 Å². The summed E-state index contributed by atoms with van der Waals surface area (Å²) in [7, 11) is 0. The Morgan fingerprint density at radius 1 is 1.07 bits per heavy atom. The Hall–Kier alpha value is -2.24. The molecule has 30 heavy (non-hydrogen) atoms. The van der Waals surface area contributed by atoms with Crippen molar-refractivity contribution in [2.75, 3.05) is 26.2 Å². The quantitative estimate of drug-likeness (QED) is 0.799. The molecule has 3 heterocycles. The van der Waals surface area contributed by atoms with Crippen molar-refractivity contribution < 1.29 is 4.79 Å². The first kappa shape index (κ1) is 21.0. The van der Waals surface area contributed by atoms with Gasteiger partial charge in [0.2, 0.25) is 5.91 Å².